The first-order valence-electron chi connectivity index (χ1n) is 9.67. The van der Waals surface area contributed by atoms with Crippen LogP contribution in [-0.2, 0) is 19.6 Å². The maximum Gasteiger partial charge on any atom is 0.270 e. The van der Waals surface area contributed by atoms with Crippen LogP contribution in [0.25, 0.3) is 0 Å². The fraction of sp³-hybridized carbons (Fsp3) is 0.300. The second-order valence-corrected chi connectivity index (χ2v) is 9.07. The number of nitrogens with zero attached hydrogens (tertiary/aromatic N) is 2. The number of hydrogen-bond donors (Lipinski definition) is 2. The number of aryl methyl sites for hydroxylation is 1. The van der Waals surface area contributed by atoms with Crippen LogP contribution in [0.1, 0.15) is 12.0 Å². The monoisotopic (exact) mass is 464 g/mol. The van der Waals surface area contributed by atoms with E-state index in [4.69, 9.17) is 0 Å². The molecule has 0 saturated carbocycles. The van der Waals surface area contributed by atoms with Crippen molar-refractivity contribution >= 4 is 33.2 Å². The predicted molar refractivity (Wildman–Crippen MR) is 113 cm³/mol. The summed E-state index contributed by atoms with van der Waals surface area (Å²) in [5.41, 5.74) is 0.460. The number of rotatable bonds is 8. The largest absolute Gasteiger partial charge is 0.354 e. The lowest BCUT2D eigenvalue weighted by Gasteiger charge is -2.18. The zero-order chi connectivity index (χ0) is 23.5. The van der Waals surface area contributed by atoms with E-state index in [0.717, 1.165) is 6.07 Å². The maximum atomic E-state index is 14.2. The number of nitrogens with one attached hydrogen (secondary N) is 2. The molecular formula is C20H21FN4O6S. The number of benzene rings is 2. The Morgan fingerprint density at radius 2 is 2.00 bits per heavy atom. The lowest BCUT2D eigenvalue weighted by Crippen LogP contribution is -2.38. The molecule has 3 rings (SSSR count). The highest BCUT2D eigenvalue weighted by molar-refractivity contribution is 7.89. The molecule has 2 amide bonds. The van der Waals surface area contributed by atoms with Crippen molar-refractivity contribution in [1.82, 2.24) is 10.0 Å². The van der Waals surface area contributed by atoms with Crippen LogP contribution >= 0.6 is 0 Å². The summed E-state index contributed by atoms with van der Waals surface area (Å²) in [7, 11) is -4.00. The molecule has 0 radical (unpaired) electrons. The lowest BCUT2D eigenvalue weighted by atomic mass is 10.1. The van der Waals surface area contributed by atoms with Gasteiger partial charge in [0.1, 0.15) is 5.82 Å². The fourth-order valence-corrected chi connectivity index (χ4v) is 4.38. The van der Waals surface area contributed by atoms with E-state index in [1.807, 2.05) is 0 Å². The van der Waals surface area contributed by atoms with Crippen molar-refractivity contribution in [1.29, 1.82) is 0 Å². The third-order valence-corrected chi connectivity index (χ3v) is 6.40. The smallest absolute Gasteiger partial charge is 0.270 e. The third kappa shape index (κ3) is 5.26. The average Bonchev–Trinajstić information content (AvgIpc) is 3.12. The lowest BCUT2D eigenvalue weighted by molar-refractivity contribution is -0.385. The molecule has 0 aliphatic carbocycles. The number of sulfonamides is 1. The Labute approximate surface area is 183 Å². The van der Waals surface area contributed by atoms with Crippen molar-refractivity contribution in [3.8, 4) is 0 Å². The minimum absolute atomic E-state index is 0.0179. The van der Waals surface area contributed by atoms with E-state index in [-0.39, 0.29) is 48.2 Å². The van der Waals surface area contributed by atoms with Gasteiger partial charge in [0.25, 0.3) is 5.69 Å². The highest BCUT2D eigenvalue weighted by atomic mass is 32.2. The van der Waals surface area contributed by atoms with Crippen LogP contribution in [0, 0.1) is 28.8 Å². The Morgan fingerprint density at radius 3 is 2.69 bits per heavy atom. The van der Waals surface area contributed by atoms with E-state index in [9.17, 15) is 32.5 Å². The summed E-state index contributed by atoms with van der Waals surface area (Å²) >= 11 is 0. The molecule has 12 heteroatoms. The first kappa shape index (κ1) is 23.3. The van der Waals surface area contributed by atoms with E-state index in [2.05, 4.69) is 10.0 Å². The van der Waals surface area contributed by atoms with Gasteiger partial charge in [-0.2, -0.15) is 0 Å². The summed E-state index contributed by atoms with van der Waals surface area (Å²) < 4.78 is 41.0. The van der Waals surface area contributed by atoms with Gasteiger partial charge < -0.3 is 10.2 Å². The minimum Gasteiger partial charge on any atom is -0.354 e. The molecule has 2 aromatic carbocycles. The number of nitro groups is 1. The molecule has 2 aromatic rings. The van der Waals surface area contributed by atoms with Gasteiger partial charge in [-0.3, -0.25) is 19.7 Å². The molecule has 1 heterocycles. The summed E-state index contributed by atoms with van der Waals surface area (Å²) in [5, 5.41) is 13.4. The van der Waals surface area contributed by atoms with Gasteiger partial charge in [0.15, 0.2) is 0 Å². The van der Waals surface area contributed by atoms with Crippen LogP contribution in [0.5, 0.6) is 0 Å². The van der Waals surface area contributed by atoms with Gasteiger partial charge in [0.05, 0.1) is 21.4 Å². The predicted octanol–water partition coefficient (Wildman–Crippen LogP) is 1.49. The SMILES string of the molecule is Cc1ccc(N2CC(C(=O)NCCNS(=O)(=O)c3cccc([N+](=O)[O-])c3)CC2=O)c(F)c1. The van der Waals surface area contributed by atoms with Crippen molar-refractivity contribution < 1.29 is 27.3 Å². The molecular weight excluding hydrogens is 443 g/mol. The third-order valence-electron chi connectivity index (χ3n) is 4.94. The van der Waals surface area contributed by atoms with Crippen molar-refractivity contribution in [2.75, 3.05) is 24.5 Å². The average molecular weight is 464 g/mol. The molecule has 1 aliphatic heterocycles. The number of nitro benzene ring substituents is 1. The summed E-state index contributed by atoms with van der Waals surface area (Å²) in [5.74, 6) is -2.08. The minimum atomic E-state index is -4.00. The van der Waals surface area contributed by atoms with E-state index in [0.29, 0.717) is 5.56 Å². The van der Waals surface area contributed by atoms with Crippen LogP contribution in [-0.4, -0.2) is 44.8 Å². The van der Waals surface area contributed by atoms with Gasteiger partial charge in [0, 0.05) is 38.2 Å². The molecule has 1 atom stereocenters. The Bertz CT molecular complexity index is 1170. The molecule has 32 heavy (non-hydrogen) atoms. The number of carbonyl (C=O) groups excluding carboxylic acids is 2. The normalized spacial score (nSPS) is 16.2. The summed E-state index contributed by atoms with van der Waals surface area (Å²) in [6, 6.07) is 9.06. The number of non-ortho nitro benzene ring substituents is 1. The molecule has 2 N–H and O–H groups in total. The van der Waals surface area contributed by atoms with Crippen molar-refractivity contribution in [2.45, 2.75) is 18.2 Å². The fourth-order valence-electron chi connectivity index (χ4n) is 3.31. The summed E-state index contributed by atoms with van der Waals surface area (Å²) in [6.45, 7) is 1.52. The van der Waals surface area contributed by atoms with E-state index < -0.39 is 32.6 Å². The highest BCUT2D eigenvalue weighted by Crippen LogP contribution is 2.28. The highest BCUT2D eigenvalue weighted by Gasteiger charge is 2.36. The molecule has 1 aliphatic rings. The number of halogens is 1. The Balaban J connectivity index is 1.52. The van der Waals surface area contributed by atoms with Gasteiger partial charge in [0.2, 0.25) is 21.8 Å². The standard InChI is InChI=1S/C20H21FN4O6S/c1-13-5-6-18(17(21)9-13)24-12-14(10-19(24)26)20(27)22-7-8-23-32(30,31)16-4-2-3-15(11-16)25(28)29/h2-6,9,11,14,23H,7-8,10,12H2,1H3,(H,22,27). The van der Waals surface area contributed by atoms with Gasteiger partial charge in [-0.1, -0.05) is 12.1 Å². The van der Waals surface area contributed by atoms with Crippen LogP contribution in [0.15, 0.2) is 47.4 Å². The van der Waals surface area contributed by atoms with E-state index >= 15 is 0 Å². The van der Waals surface area contributed by atoms with Gasteiger partial charge >= 0.3 is 0 Å². The van der Waals surface area contributed by atoms with Crippen LogP contribution in [0.4, 0.5) is 15.8 Å². The zero-order valence-electron chi connectivity index (χ0n) is 17.1. The Kier molecular flexibility index (Phi) is 6.84. The van der Waals surface area contributed by atoms with Crippen LogP contribution < -0.4 is 14.9 Å². The van der Waals surface area contributed by atoms with Gasteiger partial charge in [-0.05, 0) is 30.7 Å². The molecule has 0 bridgehead atoms. The summed E-state index contributed by atoms with van der Waals surface area (Å²) in [6.07, 6.45) is -0.0848. The topological polar surface area (TPSA) is 139 Å². The molecule has 1 unspecified atom stereocenters. The molecule has 1 saturated heterocycles. The second-order valence-electron chi connectivity index (χ2n) is 7.30. The van der Waals surface area contributed by atoms with Crippen LogP contribution in [0.2, 0.25) is 0 Å². The Hall–Kier alpha value is -3.38. The summed E-state index contributed by atoms with van der Waals surface area (Å²) in [4.78, 5) is 35.7. The maximum absolute atomic E-state index is 14.2. The zero-order valence-corrected chi connectivity index (χ0v) is 17.9. The molecule has 0 spiro atoms. The second kappa shape index (κ2) is 9.40. The number of hydrogen-bond acceptors (Lipinski definition) is 6. The first-order chi connectivity index (χ1) is 15.1. The van der Waals surface area contributed by atoms with Gasteiger partial charge in [-0.25, -0.2) is 17.5 Å². The molecule has 10 nitrogen and oxygen atoms in total. The number of carbonyl (C=O) groups is 2. The van der Waals surface area contributed by atoms with Gasteiger partial charge in [-0.15, -0.1) is 0 Å². The number of amides is 2. The van der Waals surface area contributed by atoms with Crippen molar-refractivity contribution in [3.63, 3.8) is 0 Å². The quantitative estimate of drug-likeness (QED) is 0.345. The molecule has 170 valence electrons. The molecule has 1 fully saturated rings. The van der Waals surface area contributed by atoms with E-state index in [1.165, 1.54) is 35.2 Å². The Morgan fingerprint density at radius 1 is 1.25 bits per heavy atom. The van der Waals surface area contributed by atoms with Crippen molar-refractivity contribution in [2.24, 2.45) is 5.92 Å². The number of anilines is 1. The molecule has 0 aromatic heterocycles. The van der Waals surface area contributed by atoms with E-state index in [1.54, 1.807) is 13.0 Å². The van der Waals surface area contributed by atoms with Crippen molar-refractivity contribution in [3.05, 3.63) is 64.0 Å². The first-order valence-corrected chi connectivity index (χ1v) is 11.1. The van der Waals surface area contributed by atoms with Crippen LogP contribution in [0.3, 0.4) is 0 Å².